The van der Waals surface area contributed by atoms with E-state index in [-0.39, 0.29) is 18.3 Å². The Kier molecular flexibility index (Phi) is 11.2. The molecule has 1 heterocycles. The van der Waals surface area contributed by atoms with Gasteiger partial charge in [-0.25, -0.2) is 0 Å². The molecule has 0 aromatic heterocycles. The van der Waals surface area contributed by atoms with Crippen molar-refractivity contribution in [3.05, 3.63) is 95.1 Å². The van der Waals surface area contributed by atoms with Crippen molar-refractivity contribution in [2.45, 2.75) is 25.8 Å². The lowest BCUT2D eigenvalue weighted by Crippen LogP contribution is -2.29. The first-order valence-corrected chi connectivity index (χ1v) is 13.9. The van der Waals surface area contributed by atoms with E-state index in [0.29, 0.717) is 35.6 Å². The third-order valence-electron chi connectivity index (χ3n) is 6.79. The van der Waals surface area contributed by atoms with Crippen LogP contribution in [0.3, 0.4) is 0 Å². The molecule has 7 nitrogen and oxygen atoms in total. The molecular weight excluding hydrogens is 502 g/mol. The van der Waals surface area contributed by atoms with Crippen molar-refractivity contribution in [1.82, 2.24) is 15.5 Å². The highest BCUT2D eigenvalue weighted by Gasteiger charge is 2.11. The van der Waals surface area contributed by atoms with Gasteiger partial charge in [0.2, 0.25) is 0 Å². The number of ether oxygens (including phenoxy) is 2. The largest absolute Gasteiger partial charge is 0.494 e. The maximum atomic E-state index is 12.8. The standard InChI is InChI=1S/C33H37N3O4/c1-2-23-39-30-14-10-28(11-15-30)32(37)27-8-6-26(7-9-27)25-35-33(38)29-12-16-31(17-13-29)40-24-4-3-20-36-21-5-18-34-19-22-36/h1,6-17,34H,3-5,18-25H2,(H,35,38). The van der Waals surface area contributed by atoms with Gasteiger partial charge in [-0.15, -0.1) is 6.42 Å². The Morgan fingerprint density at radius 1 is 0.825 bits per heavy atom. The fourth-order valence-corrected chi connectivity index (χ4v) is 4.51. The minimum absolute atomic E-state index is 0.0867. The Morgan fingerprint density at radius 2 is 1.48 bits per heavy atom. The zero-order valence-electron chi connectivity index (χ0n) is 22.9. The van der Waals surface area contributed by atoms with Crippen molar-refractivity contribution in [1.29, 1.82) is 0 Å². The summed E-state index contributed by atoms with van der Waals surface area (Å²) in [5, 5.41) is 6.36. The molecule has 7 heteroatoms. The average Bonchev–Trinajstić information content (AvgIpc) is 3.28. The van der Waals surface area contributed by atoms with Gasteiger partial charge >= 0.3 is 0 Å². The van der Waals surface area contributed by atoms with Crippen molar-refractivity contribution in [2.75, 3.05) is 45.9 Å². The van der Waals surface area contributed by atoms with Crippen LogP contribution < -0.4 is 20.1 Å². The number of carbonyl (C=O) groups is 2. The highest BCUT2D eigenvalue weighted by atomic mass is 16.5. The average molecular weight is 540 g/mol. The van der Waals surface area contributed by atoms with E-state index in [9.17, 15) is 9.59 Å². The lowest BCUT2D eigenvalue weighted by molar-refractivity contribution is 0.0950. The molecular formula is C33H37N3O4. The monoisotopic (exact) mass is 539 g/mol. The fourth-order valence-electron chi connectivity index (χ4n) is 4.51. The van der Waals surface area contributed by atoms with E-state index < -0.39 is 0 Å². The van der Waals surface area contributed by atoms with Gasteiger partial charge < -0.3 is 25.0 Å². The number of hydrogen-bond acceptors (Lipinski definition) is 6. The van der Waals surface area contributed by atoms with E-state index in [1.165, 1.54) is 13.0 Å². The van der Waals surface area contributed by atoms with E-state index in [1.54, 1.807) is 48.5 Å². The predicted octanol–water partition coefficient (Wildman–Crippen LogP) is 4.31. The first-order valence-electron chi connectivity index (χ1n) is 13.9. The van der Waals surface area contributed by atoms with Crippen LogP contribution in [0.5, 0.6) is 11.5 Å². The maximum absolute atomic E-state index is 12.8. The van der Waals surface area contributed by atoms with E-state index in [2.05, 4.69) is 21.5 Å². The van der Waals surface area contributed by atoms with Crippen LogP contribution >= 0.6 is 0 Å². The molecule has 3 aromatic rings. The molecule has 208 valence electrons. The van der Waals surface area contributed by atoms with Gasteiger partial charge in [0.15, 0.2) is 5.78 Å². The molecule has 0 unspecified atom stereocenters. The van der Waals surface area contributed by atoms with Crippen LogP contribution in [0.15, 0.2) is 72.8 Å². The van der Waals surface area contributed by atoms with E-state index in [0.717, 1.165) is 50.3 Å². The summed E-state index contributed by atoms with van der Waals surface area (Å²) in [5.74, 6) is 3.55. The summed E-state index contributed by atoms with van der Waals surface area (Å²) >= 11 is 0. The lowest BCUT2D eigenvalue weighted by atomic mass is 10.0. The Labute approximate surface area is 236 Å². The number of amides is 1. The SMILES string of the molecule is C#CCOc1ccc(C(=O)c2ccc(CNC(=O)c3ccc(OCCCCN4CCCNCC4)cc3)cc2)cc1. The minimum Gasteiger partial charge on any atom is -0.494 e. The summed E-state index contributed by atoms with van der Waals surface area (Å²) in [6.45, 7) is 6.81. The molecule has 0 spiro atoms. The normalized spacial score (nSPS) is 13.6. The minimum atomic E-state index is -0.161. The zero-order valence-corrected chi connectivity index (χ0v) is 22.9. The van der Waals surface area contributed by atoms with Crippen LogP contribution in [0.4, 0.5) is 0 Å². The summed E-state index contributed by atoms with van der Waals surface area (Å²) in [6, 6.07) is 21.3. The molecule has 1 aliphatic rings. The zero-order chi connectivity index (χ0) is 28.0. The van der Waals surface area contributed by atoms with Crippen molar-refractivity contribution in [3.8, 4) is 23.8 Å². The summed E-state index contributed by atoms with van der Waals surface area (Å²) in [6.07, 6.45) is 8.53. The second-order valence-electron chi connectivity index (χ2n) is 9.75. The van der Waals surface area contributed by atoms with Gasteiger partial charge in [-0.1, -0.05) is 30.2 Å². The second kappa shape index (κ2) is 15.5. The molecule has 0 bridgehead atoms. The molecule has 1 aliphatic heterocycles. The Morgan fingerprint density at radius 3 is 2.17 bits per heavy atom. The van der Waals surface area contributed by atoms with Gasteiger partial charge in [0, 0.05) is 36.3 Å². The molecule has 0 aliphatic carbocycles. The second-order valence-corrected chi connectivity index (χ2v) is 9.75. The van der Waals surface area contributed by atoms with Gasteiger partial charge in [-0.05, 0) is 93.0 Å². The molecule has 40 heavy (non-hydrogen) atoms. The van der Waals surface area contributed by atoms with Crippen molar-refractivity contribution in [3.63, 3.8) is 0 Å². The number of unbranched alkanes of at least 4 members (excludes halogenated alkanes) is 1. The quantitative estimate of drug-likeness (QED) is 0.191. The van der Waals surface area contributed by atoms with E-state index in [4.69, 9.17) is 15.9 Å². The Bertz CT molecular complexity index is 1260. The summed E-state index contributed by atoms with van der Waals surface area (Å²) in [5.41, 5.74) is 2.61. The van der Waals surface area contributed by atoms with Crippen LogP contribution in [0.1, 0.15) is 51.1 Å². The fraction of sp³-hybridized carbons (Fsp3) is 0.333. The van der Waals surface area contributed by atoms with Crippen molar-refractivity contribution < 1.29 is 19.1 Å². The highest BCUT2D eigenvalue weighted by Crippen LogP contribution is 2.17. The molecule has 1 fully saturated rings. The lowest BCUT2D eigenvalue weighted by Gasteiger charge is -2.19. The van der Waals surface area contributed by atoms with E-state index >= 15 is 0 Å². The predicted molar refractivity (Wildman–Crippen MR) is 157 cm³/mol. The van der Waals surface area contributed by atoms with Crippen LogP contribution in [-0.2, 0) is 6.54 Å². The molecule has 0 atom stereocenters. The van der Waals surface area contributed by atoms with Crippen LogP contribution in [0.2, 0.25) is 0 Å². The van der Waals surface area contributed by atoms with Gasteiger partial charge in [0.25, 0.3) is 5.91 Å². The third-order valence-corrected chi connectivity index (χ3v) is 6.79. The van der Waals surface area contributed by atoms with Crippen molar-refractivity contribution in [2.24, 2.45) is 0 Å². The van der Waals surface area contributed by atoms with Gasteiger partial charge in [0.1, 0.15) is 18.1 Å². The van der Waals surface area contributed by atoms with Crippen molar-refractivity contribution >= 4 is 11.7 Å². The smallest absolute Gasteiger partial charge is 0.251 e. The first kappa shape index (κ1) is 28.9. The summed E-state index contributed by atoms with van der Waals surface area (Å²) < 4.78 is 11.2. The highest BCUT2D eigenvalue weighted by molar-refractivity contribution is 6.09. The number of benzene rings is 3. The number of ketones is 1. The molecule has 1 amide bonds. The first-order chi connectivity index (χ1) is 19.6. The maximum Gasteiger partial charge on any atom is 0.251 e. The number of hydrogen-bond donors (Lipinski definition) is 2. The topological polar surface area (TPSA) is 79.9 Å². The third kappa shape index (κ3) is 8.98. The number of carbonyl (C=O) groups excluding carboxylic acids is 2. The summed E-state index contributed by atoms with van der Waals surface area (Å²) in [7, 11) is 0. The molecule has 1 saturated heterocycles. The van der Waals surface area contributed by atoms with Crippen LogP contribution in [-0.4, -0.2) is 62.5 Å². The number of nitrogens with one attached hydrogen (secondary N) is 2. The van der Waals surface area contributed by atoms with Gasteiger partial charge in [0.05, 0.1) is 6.61 Å². The van der Waals surface area contributed by atoms with E-state index in [1.807, 2.05) is 24.3 Å². The van der Waals surface area contributed by atoms with Crippen LogP contribution in [0, 0.1) is 12.3 Å². The molecule has 2 N–H and O–H groups in total. The molecule has 0 saturated carbocycles. The number of rotatable bonds is 13. The molecule has 0 radical (unpaired) electrons. The Hall–Kier alpha value is -4.12. The summed E-state index contributed by atoms with van der Waals surface area (Å²) in [4.78, 5) is 27.9. The van der Waals surface area contributed by atoms with Gasteiger partial charge in [-0.2, -0.15) is 0 Å². The number of nitrogens with zero attached hydrogens (tertiary/aromatic N) is 1. The molecule has 4 rings (SSSR count). The van der Waals surface area contributed by atoms with Crippen LogP contribution in [0.25, 0.3) is 0 Å². The number of terminal acetylenes is 1. The Balaban J connectivity index is 1.17. The van der Waals surface area contributed by atoms with Gasteiger partial charge in [-0.3, -0.25) is 9.59 Å². The molecule has 3 aromatic carbocycles.